The minimum Gasteiger partial charge on any atom is -0.494 e. The molecule has 1 N–H and O–H groups in total. The maximum Gasteiger partial charge on any atom is 0.264 e. The summed E-state index contributed by atoms with van der Waals surface area (Å²) >= 11 is 4.68. The fourth-order valence-electron chi connectivity index (χ4n) is 2.18. The molecule has 5 nitrogen and oxygen atoms in total. The van der Waals surface area contributed by atoms with Crippen molar-refractivity contribution in [1.29, 1.82) is 0 Å². The van der Waals surface area contributed by atoms with Crippen molar-refractivity contribution in [3.8, 4) is 5.75 Å². The van der Waals surface area contributed by atoms with Crippen LogP contribution in [0.2, 0.25) is 0 Å². The first kappa shape index (κ1) is 19.5. The Bertz CT molecular complexity index is 761. The zero-order valence-corrected chi connectivity index (χ0v) is 16.9. The van der Waals surface area contributed by atoms with Gasteiger partial charge in [0, 0.05) is 12.7 Å². The van der Waals surface area contributed by atoms with Crippen molar-refractivity contribution in [2.24, 2.45) is 0 Å². The molecule has 134 valence electrons. The Morgan fingerprint density at radius 2 is 2.04 bits per heavy atom. The van der Waals surface area contributed by atoms with Gasteiger partial charge in [-0.2, -0.15) is 0 Å². The van der Waals surface area contributed by atoms with Gasteiger partial charge in [-0.15, -0.1) is 11.3 Å². The summed E-state index contributed by atoms with van der Waals surface area (Å²) in [6.45, 7) is 4.61. The van der Waals surface area contributed by atoms with Crippen molar-refractivity contribution in [2.75, 3.05) is 25.5 Å². The second-order valence-electron chi connectivity index (χ2n) is 5.64. The van der Waals surface area contributed by atoms with Gasteiger partial charge in [-0.25, -0.2) is 0 Å². The Hall–Kier alpha value is -1.86. The van der Waals surface area contributed by atoms with Crippen molar-refractivity contribution >= 4 is 44.8 Å². The first-order valence-electron chi connectivity index (χ1n) is 7.94. The quantitative estimate of drug-likeness (QED) is 0.719. The molecule has 0 spiro atoms. The number of halogens is 1. The second kappa shape index (κ2) is 9.01. The van der Waals surface area contributed by atoms with Crippen LogP contribution >= 0.6 is 27.3 Å². The van der Waals surface area contributed by atoms with Gasteiger partial charge in [0.05, 0.1) is 21.8 Å². The number of hydrogen-bond donors (Lipinski definition) is 1. The largest absolute Gasteiger partial charge is 0.494 e. The van der Waals surface area contributed by atoms with E-state index in [-0.39, 0.29) is 18.4 Å². The van der Waals surface area contributed by atoms with Gasteiger partial charge in [-0.3, -0.25) is 9.59 Å². The van der Waals surface area contributed by atoms with E-state index in [2.05, 4.69) is 21.2 Å². The predicted octanol–water partition coefficient (Wildman–Crippen LogP) is 4.32. The number of rotatable bonds is 7. The monoisotopic (exact) mass is 424 g/mol. The lowest BCUT2D eigenvalue weighted by Gasteiger charge is -2.17. The number of carbonyl (C=O) groups is 2. The van der Waals surface area contributed by atoms with E-state index >= 15 is 0 Å². The summed E-state index contributed by atoms with van der Waals surface area (Å²) in [6.07, 6.45) is 0.943. The third-order valence-electron chi connectivity index (χ3n) is 3.46. The number of thiophene rings is 1. The van der Waals surface area contributed by atoms with Crippen LogP contribution in [-0.4, -0.2) is 36.9 Å². The summed E-state index contributed by atoms with van der Waals surface area (Å²) in [4.78, 5) is 26.5. The number of nitrogens with zero attached hydrogens (tertiary/aromatic N) is 1. The van der Waals surface area contributed by atoms with E-state index in [9.17, 15) is 9.59 Å². The minimum absolute atomic E-state index is 0.0120. The lowest BCUT2D eigenvalue weighted by atomic mass is 10.2. The van der Waals surface area contributed by atoms with Crippen LogP contribution in [0.4, 0.5) is 5.69 Å². The molecule has 0 unspecified atom stereocenters. The molecular weight excluding hydrogens is 404 g/mol. The Labute approximate surface area is 160 Å². The maximum atomic E-state index is 12.3. The molecule has 2 rings (SSSR count). The first-order chi connectivity index (χ1) is 11.9. The third-order valence-corrected chi connectivity index (χ3v) is 5.07. The highest BCUT2D eigenvalue weighted by Crippen LogP contribution is 2.23. The standard InChI is InChI=1S/C18H21BrN2O3S/c1-4-9-24-13-5-6-14(12(2)10-13)20-17(22)11-21(3)18(23)15-7-8-16(19)25-15/h5-8,10H,4,9,11H2,1-3H3,(H,20,22). The van der Waals surface area contributed by atoms with Crippen molar-refractivity contribution in [2.45, 2.75) is 20.3 Å². The van der Waals surface area contributed by atoms with E-state index in [4.69, 9.17) is 4.74 Å². The van der Waals surface area contributed by atoms with Gasteiger partial charge < -0.3 is 15.0 Å². The van der Waals surface area contributed by atoms with Gasteiger partial charge in [-0.05, 0) is 65.2 Å². The average Bonchev–Trinajstić information content (AvgIpc) is 3.00. The summed E-state index contributed by atoms with van der Waals surface area (Å²) < 4.78 is 6.46. The van der Waals surface area contributed by atoms with Crippen molar-refractivity contribution in [3.05, 3.63) is 44.6 Å². The predicted molar refractivity (Wildman–Crippen MR) is 105 cm³/mol. The Morgan fingerprint density at radius 1 is 1.28 bits per heavy atom. The molecule has 1 aromatic heterocycles. The van der Waals surface area contributed by atoms with Crippen LogP contribution in [-0.2, 0) is 4.79 Å². The van der Waals surface area contributed by atoms with E-state index in [1.54, 1.807) is 13.1 Å². The number of anilines is 1. The molecule has 25 heavy (non-hydrogen) atoms. The zero-order chi connectivity index (χ0) is 18.4. The van der Waals surface area contributed by atoms with Gasteiger partial charge in [-0.1, -0.05) is 6.92 Å². The van der Waals surface area contributed by atoms with Gasteiger partial charge >= 0.3 is 0 Å². The van der Waals surface area contributed by atoms with Gasteiger partial charge in [0.2, 0.25) is 5.91 Å². The molecule has 0 fully saturated rings. The summed E-state index contributed by atoms with van der Waals surface area (Å²) in [7, 11) is 1.62. The van der Waals surface area contributed by atoms with Gasteiger partial charge in [0.25, 0.3) is 5.91 Å². The molecule has 1 aromatic carbocycles. The number of ether oxygens (including phenoxy) is 1. The van der Waals surface area contributed by atoms with Crippen LogP contribution in [0, 0.1) is 6.92 Å². The van der Waals surface area contributed by atoms with Crippen LogP contribution in [0.15, 0.2) is 34.1 Å². The van der Waals surface area contributed by atoms with Crippen molar-refractivity contribution in [1.82, 2.24) is 4.90 Å². The number of aryl methyl sites for hydroxylation is 1. The molecule has 0 aliphatic carbocycles. The van der Waals surface area contributed by atoms with E-state index in [1.807, 2.05) is 38.1 Å². The minimum atomic E-state index is -0.239. The van der Waals surface area contributed by atoms with Crippen LogP contribution in [0.5, 0.6) is 5.75 Å². The van der Waals surface area contributed by atoms with E-state index in [1.165, 1.54) is 16.2 Å². The van der Waals surface area contributed by atoms with E-state index in [0.717, 1.165) is 21.5 Å². The normalized spacial score (nSPS) is 10.4. The number of amides is 2. The van der Waals surface area contributed by atoms with Crippen LogP contribution in [0.25, 0.3) is 0 Å². The summed E-state index contributed by atoms with van der Waals surface area (Å²) in [5, 5.41) is 2.84. The zero-order valence-electron chi connectivity index (χ0n) is 14.5. The Balaban J connectivity index is 1.94. The summed E-state index contributed by atoms with van der Waals surface area (Å²) in [5.74, 6) is 0.371. The van der Waals surface area contributed by atoms with Crippen molar-refractivity contribution < 1.29 is 14.3 Å². The molecule has 0 aliphatic rings. The second-order valence-corrected chi connectivity index (χ2v) is 8.10. The topological polar surface area (TPSA) is 58.6 Å². The smallest absolute Gasteiger partial charge is 0.264 e. The third kappa shape index (κ3) is 5.57. The highest BCUT2D eigenvalue weighted by Gasteiger charge is 2.17. The summed E-state index contributed by atoms with van der Waals surface area (Å²) in [6, 6.07) is 9.10. The fourth-order valence-corrected chi connectivity index (χ4v) is 3.56. The molecule has 1 heterocycles. The van der Waals surface area contributed by atoms with E-state index in [0.29, 0.717) is 17.2 Å². The molecule has 2 aromatic rings. The fraction of sp³-hybridized carbons (Fsp3) is 0.333. The molecular formula is C18H21BrN2O3S. The van der Waals surface area contributed by atoms with Crippen LogP contribution in [0.1, 0.15) is 28.6 Å². The molecule has 0 bridgehead atoms. The first-order valence-corrected chi connectivity index (χ1v) is 9.55. The molecule has 7 heteroatoms. The lowest BCUT2D eigenvalue weighted by Crippen LogP contribution is -2.34. The van der Waals surface area contributed by atoms with E-state index < -0.39 is 0 Å². The number of benzene rings is 1. The number of hydrogen-bond acceptors (Lipinski definition) is 4. The van der Waals surface area contributed by atoms with Gasteiger partial charge in [0.1, 0.15) is 5.75 Å². The van der Waals surface area contributed by atoms with Crippen molar-refractivity contribution in [3.63, 3.8) is 0 Å². The Morgan fingerprint density at radius 3 is 2.64 bits per heavy atom. The molecule has 0 saturated carbocycles. The number of nitrogens with one attached hydrogen (secondary N) is 1. The Kier molecular flexibility index (Phi) is 7.01. The number of carbonyl (C=O) groups excluding carboxylic acids is 2. The highest BCUT2D eigenvalue weighted by atomic mass is 79.9. The molecule has 0 saturated heterocycles. The molecule has 2 amide bonds. The SMILES string of the molecule is CCCOc1ccc(NC(=O)CN(C)C(=O)c2ccc(Br)s2)c(C)c1. The summed E-state index contributed by atoms with van der Waals surface area (Å²) in [5.41, 5.74) is 1.63. The molecule has 0 aliphatic heterocycles. The van der Waals surface area contributed by atoms with Crippen LogP contribution in [0.3, 0.4) is 0 Å². The molecule has 0 radical (unpaired) electrons. The lowest BCUT2D eigenvalue weighted by molar-refractivity contribution is -0.116. The number of likely N-dealkylation sites (N-methyl/N-ethyl adjacent to an activating group) is 1. The average molecular weight is 425 g/mol. The molecule has 0 atom stereocenters. The van der Waals surface area contributed by atoms with Crippen LogP contribution < -0.4 is 10.1 Å². The highest BCUT2D eigenvalue weighted by molar-refractivity contribution is 9.11. The van der Waals surface area contributed by atoms with Gasteiger partial charge in [0.15, 0.2) is 0 Å². The maximum absolute atomic E-state index is 12.3.